The molecule has 104 heavy (non-hydrogen) atoms. The highest BCUT2D eigenvalue weighted by atomic mass is 35.6. The Bertz CT molecular complexity index is 3740. The van der Waals surface area contributed by atoms with E-state index < -0.39 is 7.38 Å². The van der Waals surface area contributed by atoms with Crippen LogP contribution in [-0.2, 0) is 65.0 Å². The molecule has 0 saturated heterocycles. The summed E-state index contributed by atoms with van der Waals surface area (Å²) < 4.78 is 0. The third kappa shape index (κ3) is 18.4. The van der Waals surface area contributed by atoms with Crippen LogP contribution in [0.3, 0.4) is 0 Å². The van der Waals surface area contributed by atoms with Crippen molar-refractivity contribution in [3.05, 3.63) is 231 Å². The van der Waals surface area contributed by atoms with E-state index in [1.807, 2.05) is 0 Å². The van der Waals surface area contributed by atoms with E-state index in [9.17, 15) is 11.1 Å². The summed E-state index contributed by atoms with van der Waals surface area (Å²) in [5.74, 6) is 0. The summed E-state index contributed by atoms with van der Waals surface area (Å²) in [6.45, 7) is 85.2. The molecule has 0 aromatic heterocycles. The van der Waals surface area contributed by atoms with Crippen LogP contribution in [0.4, 0.5) is 0 Å². The average molecular weight is 1420 g/mol. The Kier molecular flexibility index (Phi) is 21.4. The Morgan fingerprint density at radius 3 is 0.308 bits per heavy atom. The van der Waals surface area contributed by atoms with Gasteiger partial charge in [0.2, 0.25) is 7.38 Å². The van der Waals surface area contributed by atoms with Crippen molar-refractivity contribution in [3.8, 4) is 66.8 Å². The fourth-order valence-electron chi connectivity index (χ4n) is 13.9. The van der Waals surface area contributed by atoms with Crippen LogP contribution >= 0.6 is 11.1 Å². The Balaban J connectivity index is 1.63. The van der Waals surface area contributed by atoms with Crippen molar-refractivity contribution in [2.45, 2.75) is 314 Å². The Labute approximate surface area is 641 Å². The minimum absolute atomic E-state index is 0.125. The summed E-state index contributed by atoms with van der Waals surface area (Å²) in [6.07, 6.45) is 0. The summed E-state index contributed by atoms with van der Waals surface area (Å²) >= 11 is 10.1. The minimum atomic E-state index is -3.99. The van der Waals surface area contributed by atoms with E-state index in [1.54, 1.807) is 0 Å². The molecule has 9 rings (SSSR count). The lowest BCUT2D eigenvalue weighted by Crippen LogP contribution is -2.63. The lowest BCUT2D eigenvalue weighted by molar-refractivity contribution is 0.568. The van der Waals surface area contributed by atoms with Crippen LogP contribution in [0.5, 0.6) is 0 Å². The molecule has 0 aliphatic rings. The highest BCUT2D eigenvalue weighted by molar-refractivity contribution is 7.40. The maximum Gasteiger partial charge on any atom is 0.248 e. The molecule has 0 unspecified atom stereocenters. The van der Waals surface area contributed by atoms with Crippen molar-refractivity contribution in [2.75, 3.05) is 0 Å². The van der Waals surface area contributed by atoms with Crippen molar-refractivity contribution in [1.82, 2.24) is 0 Å². The molecule has 0 spiro atoms. The molecular formula is C102H135ClSi. The van der Waals surface area contributed by atoms with E-state index in [0.29, 0.717) is 0 Å². The molecule has 9 aromatic rings. The zero-order valence-electron chi connectivity index (χ0n) is 72.0. The van der Waals surface area contributed by atoms with Crippen molar-refractivity contribution in [2.24, 2.45) is 0 Å². The first-order chi connectivity index (χ1) is 46.9. The number of halogens is 1. The predicted molar refractivity (Wildman–Crippen MR) is 467 cm³/mol. The minimum Gasteiger partial charge on any atom is -0.149 e. The molecule has 0 nitrogen and oxygen atoms in total. The van der Waals surface area contributed by atoms with Crippen molar-refractivity contribution >= 4 is 34.0 Å². The molecule has 0 saturated carbocycles. The van der Waals surface area contributed by atoms with Gasteiger partial charge in [-0.2, -0.15) is 0 Å². The van der Waals surface area contributed by atoms with Gasteiger partial charge < -0.3 is 0 Å². The standard InChI is InChI=1S/C102H135ClSi/c1-91(2,3)76-40-70(41-77(58-76)92(4,5)6)64-37-65(71-42-78(93(7,8)9)59-79(43-71)94(10,11)12)53-88(52-64)104(103,89-54-66(72-44-80(95(13,14)15)60-81(45-72)96(16,17)18)38-67(55-89)73-46-82(97(19,20)21)61-83(47-73)98(22,23)24)90-56-68(74-48-84(99(25,26)27)62-85(49-74)100(28,29)30)39-69(57-90)75-50-86(101(31,32)33)63-87(51-75)102(34,35)36/h37-63H,1-36H3. The smallest absolute Gasteiger partial charge is 0.149 e. The van der Waals surface area contributed by atoms with Gasteiger partial charge >= 0.3 is 0 Å². The van der Waals surface area contributed by atoms with Gasteiger partial charge in [-0.25, -0.2) is 0 Å². The monoisotopic (exact) mass is 1420 g/mol. The molecule has 0 bridgehead atoms. The molecule has 0 atom stereocenters. The van der Waals surface area contributed by atoms with Gasteiger partial charge in [0.25, 0.3) is 0 Å². The SMILES string of the molecule is CC(C)(C)c1cc(-c2cc(-c3cc(C(C)(C)C)cc(C(C)(C)C)c3)cc([Si](Cl)(c3cc(-c4cc(C(C)(C)C)cc(C(C)(C)C)c4)cc(-c4cc(C(C)(C)C)cc(C(C)(C)C)c4)c3)c3cc(-c4cc(C(C)(C)C)cc(C(C)(C)C)c4)cc(-c4cc(C(C)(C)C)cc(C(C)(C)C)c4)c3)c2)cc(C(C)(C)C)c1. The van der Waals surface area contributed by atoms with Gasteiger partial charge in [0, 0.05) is 0 Å². The van der Waals surface area contributed by atoms with Crippen LogP contribution in [0, 0.1) is 0 Å². The first-order valence-electron chi connectivity index (χ1n) is 39.0. The normalized spacial score (nSPS) is 13.8. The number of hydrogen-bond donors (Lipinski definition) is 0. The average Bonchev–Trinajstić information content (AvgIpc) is 0.729. The molecule has 0 aliphatic heterocycles. The first kappa shape index (κ1) is 81.6. The molecule has 0 aliphatic carbocycles. The largest absolute Gasteiger partial charge is 0.248 e. The van der Waals surface area contributed by atoms with E-state index >= 15 is 0 Å². The second-order valence-electron chi connectivity index (χ2n) is 43.8. The number of rotatable bonds is 9. The molecule has 0 radical (unpaired) electrons. The Morgan fingerprint density at radius 1 is 0.135 bits per heavy atom. The molecule has 554 valence electrons. The Hall–Kier alpha value is -6.51. The van der Waals surface area contributed by atoms with E-state index in [0.717, 1.165) is 15.6 Å². The van der Waals surface area contributed by atoms with E-state index in [-0.39, 0.29) is 65.0 Å². The lowest BCUT2D eigenvalue weighted by Gasteiger charge is -2.32. The fourth-order valence-corrected chi connectivity index (χ4v) is 18.0. The lowest BCUT2D eigenvalue weighted by atomic mass is 9.78. The van der Waals surface area contributed by atoms with Crippen LogP contribution in [0.2, 0.25) is 0 Å². The molecule has 0 N–H and O–H groups in total. The van der Waals surface area contributed by atoms with Gasteiger partial charge in [0.05, 0.1) is 0 Å². The van der Waals surface area contributed by atoms with Gasteiger partial charge in [-0.05, 0) is 232 Å². The molecular weight excluding hydrogens is 1290 g/mol. The highest BCUT2D eigenvalue weighted by Crippen LogP contribution is 2.45. The second-order valence-corrected chi connectivity index (χ2v) is 48.6. The van der Waals surface area contributed by atoms with E-state index in [2.05, 4.69) is 413 Å². The summed E-state index contributed by atoms with van der Waals surface area (Å²) in [7, 11) is -3.99. The van der Waals surface area contributed by atoms with Crippen LogP contribution < -0.4 is 15.6 Å². The predicted octanol–water partition coefficient (Wildman–Crippen LogP) is 28.5. The van der Waals surface area contributed by atoms with Gasteiger partial charge in [0.15, 0.2) is 0 Å². The quantitative estimate of drug-likeness (QED) is 0.0768. The van der Waals surface area contributed by atoms with Gasteiger partial charge in [-0.1, -0.05) is 395 Å². The van der Waals surface area contributed by atoms with E-state index in [1.165, 1.54) is 134 Å². The Morgan fingerprint density at radius 2 is 0.221 bits per heavy atom. The first-order valence-corrected chi connectivity index (χ1v) is 42.0. The molecule has 2 heteroatoms. The third-order valence-electron chi connectivity index (χ3n) is 22.0. The topological polar surface area (TPSA) is 0 Å². The van der Waals surface area contributed by atoms with Crippen LogP contribution in [-0.4, -0.2) is 7.38 Å². The van der Waals surface area contributed by atoms with Crippen molar-refractivity contribution < 1.29 is 0 Å². The van der Waals surface area contributed by atoms with E-state index in [4.69, 9.17) is 0 Å². The maximum absolute atomic E-state index is 10.1. The van der Waals surface area contributed by atoms with Crippen LogP contribution in [0.25, 0.3) is 66.8 Å². The molecule has 0 amide bonds. The summed E-state index contributed by atoms with van der Waals surface area (Å²) in [5.41, 5.74) is 28.5. The van der Waals surface area contributed by atoms with Crippen LogP contribution in [0.1, 0.15) is 316 Å². The summed E-state index contributed by atoms with van der Waals surface area (Å²) in [5, 5.41) is 3.43. The zero-order chi connectivity index (χ0) is 78.2. The number of hydrogen-bond acceptors (Lipinski definition) is 0. The molecule has 0 heterocycles. The zero-order valence-corrected chi connectivity index (χ0v) is 73.7. The van der Waals surface area contributed by atoms with Crippen LogP contribution in [0.15, 0.2) is 164 Å². The van der Waals surface area contributed by atoms with Gasteiger partial charge in [-0.3, -0.25) is 0 Å². The highest BCUT2D eigenvalue weighted by Gasteiger charge is 2.42. The summed E-state index contributed by atoms with van der Waals surface area (Å²) in [4.78, 5) is 0. The van der Waals surface area contributed by atoms with Crippen molar-refractivity contribution in [1.29, 1.82) is 0 Å². The fraction of sp³-hybridized carbons (Fsp3) is 0.471. The van der Waals surface area contributed by atoms with Gasteiger partial charge in [0.1, 0.15) is 0 Å². The number of benzene rings is 9. The van der Waals surface area contributed by atoms with Crippen molar-refractivity contribution in [3.63, 3.8) is 0 Å². The maximum atomic E-state index is 10.1. The molecule has 9 aromatic carbocycles. The molecule has 0 fully saturated rings. The second kappa shape index (κ2) is 27.3. The summed E-state index contributed by atoms with van der Waals surface area (Å²) in [6, 6.07) is 67.6. The third-order valence-corrected chi connectivity index (χ3v) is 27.2. The van der Waals surface area contributed by atoms with Gasteiger partial charge in [-0.15, -0.1) is 11.1 Å².